The first kappa shape index (κ1) is 19.4. The standard InChI is InChI=1S/C13H17BrO9/c1-5(15)20-8-9(21-6(2)16)11(13(18)19-4)23-12(14)10(8)22-7(3)17/h8-12H,1-4H3/t8-,9+,10-,11?,12-/m0/s1. The van der Waals surface area contributed by atoms with Crippen molar-refractivity contribution in [3.05, 3.63) is 0 Å². The molecular weight excluding hydrogens is 380 g/mol. The first-order valence-electron chi connectivity index (χ1n) is 6.56. The molecule has 23 heavy (non-hydrogen) atoms. The third-order valence-corrected chi connectivity index (χ3v) is 3.56. The molecule has 1 aliphatic heterocycles. The Morgan fingerprint density at radius 2 is 1.26 bits per heavy atom. The summed E-state index contributed by atoms with van der Waals surface area (Å²) in [5, 5.41) is -0.980. The van der Waals surface area contributed by atoms with Crippen molar-refractivity contribution >= 4 is 39.8 Å². The van der Waals surface area contributed by atoms with Crippen LogP contribution in [0.3, 0.4) is 0 Å². The normalized spacial score (nSPS) is 30.0. The number of carbonyl (C=O) groups is 4. The van der Waals surface area contributed by atoms with Crippen LogP contribution in [-0.4, -0.2) is 60.4 Å². The molecule has 0 aromatic carbocycles. The van der Waals surface area contributed by atoms with Gasteiger partial charge < -0.3 is 23.7 Å². The number of esters is 4. The van der Waals surface area contributed by atoms with Crippen LogP contribution in [0.5, 0.6) is 0 Å². The molecule has 1 heterocycles. The monoisotopic (exact) mass is 396 g/mol. The number of methoxy groups -OCH3 is 1. The van der Waals surface area contributed by atoms with Crippen molar-refractivity contribution in [3.63, 3.8) is 0 Å². The third-order valence-electron chi connectivity index (χ3n) is 2.82. The maximum absolute atomic E-state index is 11.9. The van der Waals surface area contributed by atoms with E-state index >= 15 is 0 Å². The van der Waals surface area contributed by atoms with E-state index in [1.54, 1.807) is 0 Å². The van der Waals surface area contributed by atoms with Crippen LogP contribution in [-0.2, 0) is 42.9 Å². The molecule has 10 heteroatoms. The Morgan fingerprint density at radius 3 is 1.70 bits per heavy atom. The Kier molecular flexibility index (Phi) is 6.95. The number of alkyl halides is 1. The molecule has 0 aromatic rings. The Labute approximate surface area is 140 Å². The van der Waals surface area contributed by atoms with Crippen LogP contribution >= 0.6 is 15.9 Å². The average molecular weight is 397 g/mol. The van der Waals surface area contributed by atoms with Crippen molar-refractivity contribution in [2.45, 2.75) is 50.2 Å². The molecule has 1 aliphatic rings. The number of hydrogen-bond donors (Lipinski definition) is 0. The van der Waals surface area contributed by atoms with Crippen LogP contribution in [0.15, 0.2) is 0 Å². The van der Waals surface area contributed by atoms with E-state index in [0.717, 1.165) is 27.9 Å². The summed E-state index contributed by atoms with van der Waals surface area (Å²) in [7, 11) is 1.12. The lowest BCUT2D eigenvalue weighted by atomic mass is 9.99. The molecule has 0 bridgehead atoms. The van der Waals surface area contributed by atoms with Crippen molar-refractivity contribution in [1.29, 1.82) is 0 Å². The molecule has 0 saturated carbocycles. The molecule has 0 N–H and O–H groups in total. The van der Waals surface area contributed by atoms with E-state index < -0.39 is 53.3 Å². The molecule has 130 valence electrons. The van der Waals surface area contributed by atoms with E-state index in [1.807, 2.05) is 0 Å². The van der Waals surface area contributed by atoms with Gasteiger partial charge in [-0.25, -0.2) is 4.79 Å². The van der Waals surface area contributed by atoms with Crippen LogP contribution in [0.4, 0.5) is 0 Å². The Hall–Kier alpha value is -1.68. The summed E-state index contributed by atoms with van der Waals surface area (Å²) >= 11 is 3.11. The molecule has 0 spiro atoms. The lowest BCUT2D eigenvalue weighted by Gasteiger charge is -2.41. The van der Waals surface area contributed by atoms with Gasteiger partial charge in [-0.3, -0.25) is 14.4 Å². The number of hydrogen-bond acceptors (Lipinski definition) is 9. The molecule has 1 saturated heterocycles. The molecule has 9 nitrogen and oxygen atoms in total. The number of halogens is 1. The smallest absolute Gasteiger partial charge is 0.339 e. The topological polar surface area (TPSA) is 114 Å². The fraction of sp³-hybridized carbons (Fsp3) is 0.692. The zero-order chi connectivity index (χ0) is 17.7. The van der Waals surface area contributed by atoms with Crippen molar-refractivity contribution in [1.82, 2.24) is 0 Å². The van der Waals surface area contributed by atoms with E-state index in [0.29, 0.717) is 0 Å². The summed E-state index contributed by atoms with van der Waals surface area (Å²) in [5.41, 5.74) is 0. The van der Waals surface area contributed by atoms with Crippen LogP contribution in [0.1, 0.15) is 20.8 Å². The van der Waals surface area contributed by atoms with Crippen molar-refractivity contribution < 1.29 is 42.9 Å². The summed E-state index contributed by atoms with van der Waals surface area (Å²) in [5.74, 6) is -2.95. The highest BCUT2D eigenvalue weighted by molar-refractivity contribution is 9.09. The van der Waals surface area contributed by atoms with Gasteiger partial charge in [0, 0.05) is 20.8 Å². The van der Waals surface area contributed by atoms with E-state index in [-0.39, 0.29) is 0 Å². The highest BCUT2D eigenvalue weighted by Gasteiger charge is 2.53. The van der Waals surface area contributed by atoms with Crippen LogP contribution in [0, 0.1) is 0 Å². The van der Waals surface area contributed by atoms with Gasteiger partial charge in [0.05, 0.1) is 7.11 Å². The summed E-state index contributed by atoms with van der Waals surface area (Å²) in [6, 6.07) is 0. The quantitative estimate of drug-likeness (QED) is 0.369. The average Bonchev–Trinajstić information content (AvgIpc) is 2.43. The molecule has 1 fully saturated rings. The molecule has 5 atom stereocenters. The zero-order valence-electron chi connectivity index (χ0n) is 12.9. The molecule has 0 radical (unpaired) electrons. The fourth-order valence-electron chi connectivity index (χ4n) is 2.07. The Morgan fingerprint density at radius 1 is 0.826 bits per heavy atom. The maximum atomic E-state index is 11.9. The van der Waals surface area contributed by atoms with Gasteiger partial charge in [-0.2, -0.15) is 0 Å². The highest BCUT2D eigenvalue weighted by Crippen LogP contribution is 2.31. The number of carbonyl (C=O) groups excluding carboxylic acids is 4. The van der Waals surface area contributed by atoms with Crippen molar-refractivity contribution in [2.75, 3.05) is 7.11 Å². The van der Waals surface area contributed by atoms with Crippen LogP contribution < -0.4 is 0 Å². The van der Waals surface area contributed by atoms with Gasteiger partial charge in [-0.1, -0.05) is 15.9 Å². The largest absolute Gasteiger partial charge is 0.467 e. The lowest BCUT2D eigenvalue weighted by molar-refractivity contribution is -0.234. The third kappa shape index (κ3) is 5.17. The summed E-state index contributed by atoms with van der Waals surface area (Å²) in [6.45, 7) is 3.39. The Balaban J connectivity index is 3.21. The van der Waals surface area contributed by atoms with Gasteiger partial charge in [0.25, 0.3) is 0 Å². The van der Waals surface area contributed by atoms with Gasteiger partial charge in [0.2, 0.25) is 0 Å². The van der Waals surface area contributed by atoms with Gasteiger partial charge in [0.1, 0.15) is 0 Å². The number of ether oxygens (including phenoxy) is 5. The second kappa shape index (κ2) is 8.25. The van der Waals surface area contributed by atoms with Gasteiger partial charge in [-0.15, -0.1) is 0 Å². The summed E-state index contributed by atoms with van der Waals surface area (Å²) in [6.07, 6.45) is -5.06. The van der Waals surface area contributed by atoms with E-state index in [9.17, 15) is 19.2 Å². The van der Waals surface area contributed by atoms with E-state index in [1.165, 1.54) is 0 Å². The van der Waals surface area contributed by atoms with Crippen LogP contribution in [0.2, 0.25) is 0 Å². The second-order valence-corrected chi connectivity index (χ2v) is 5.56. The molecule has 0 aromatic heterocycles. The minimum atomic E-state index is -1.36. The SMILES string of the molecule is COC(=O)C1O[C@H](Br)[C@@H](OC(C)=O)[C@@H](OC(C)=O)[C@H]1OC(C)=O. The molecular formula is C13H17BrO9. The predicted molar refractivity (Wildman–Crippen MR) is 76.3 cm³/mol. The van der Waals surface area contributed by atoms with Crippen molar-refractivity contribution in [3.8, 4) is 0 Å². The highest BCUT2D eigenvalue weighted by atomic mass is 79.9. The molecule has 0 amide bonds. The van der Waals surface area contributed by atoms with E-state index in [2.05, 4.69) is 20.7 Å². The minimum absolute atomic E-state index is 0.668. The van der Waals surface area contributed by atoms with E-state index in [4.69, 9.17) is 18.9 Å². The van der Waals surface area contributed by atoms with Gasteiger partial charge in [0.15, 0.2) is 29.4 Å². The molecule has 0 aliphatic carbocycles. The summed E-state index contributed by atoms with van der Waals surface area (Å²) < 4.78 is 25.2. The summed E-state index contributed by atoms with van der Waals surface area (Å²) in [4.78, 5) is 45.8. The fourth-order valence-corrected chi connectivity index (χ4v) is 2.71. The minimum Gasteiger partial charge on any atom is -0.467 e. The second-order valence-electron chi connectivity index (χ2n) is 4.65. The number of rotatable bonds is 4. The Bertz CT molecular complexity index is 492. The first-order valence-corrected chi connectivity index (χ1v) is 7.48. The van der Waals surface area contributed by atoms with Crippen molar-refractivity contribution in [2.24, 2.45) is 0 Å². The van der Waals surface area contributed by atoms with Gasteiger partial charge in [-0.05, 0) is 0 Å². The van der Waals surface area contributed by atoms with Gasteiger partial charge >= 0.3 is 23.9 Å². The lowest BCUT2D eigenvalue weighted by Crippen LogP contribution is -2.61. The molecule has 1 unspecified atom stereocenters. The maximum Gasteiger partial charge on any atom is 0.339 e. The predicted octanol–water partition coefficient (Wildman–Crippen LogP) is 0.0743. The first-order chi connectivity index (χ1) is 10.7. The van der Waals surface area contributed by atoms with Crippen LogP contribution in [0.25, 0.3) is 0 Å². The zero-order valence-corrected chi connectivity index (χ0v) is 14.5. The molecule has 1 rings (SSSR count).